The molecule has 0 fully saturated rings. The van der Waals surface area contributed by atoms with Crippen molar-refractivity contribution >= 4 is 31.8 Å². The van der Waals surface area contributed by atoms with E-state index in [1.165, 1.54) is 0 Å². The van der Waals surface area contributed by atoms with Gasteiger partial charge in [0.05, 0.1) is 0 Å². The molecule has 0 saturated carbocycles. The van der Waals surface area contributed by atoms with E-state index < -0.39 is 16.5 Å². The first-order valence-electron chi connectivity index (χ1n) is 4.11. The van der Waals surface area contributed by atoms with E-state index in [1.807, 2.05) is 27.7 Å². The Morgan fingerprint density at radius 3 is 0.941 bits per heavy atom. The molecule has 17 heavy (non-hydrogen) atoms. The van der Waals surface area contributed by atoms with E-state index in [1.54, 1.807) is 0 Å². The number of hydrogen-bond acceptors (Lipinski definition) is 2. The van der Waals surface area contributed by atoms with Crippen LogP contribution < -0.4 is 0 Å². The van der Waals surface area contributed by atoms with Crippen LogP contribution in [0.1, 0.15) is 27.7 Å². The predicted octanol–water partition coefficient (Wildman–Crippen LogP) is 3.67. The van der Waals surface area contributed by atoms with Gasteiger partial charge in [-0.1, -0.05) is 27.7 Å². The SMILES string of the molecule is CC(C)[NH-].CC(C)[NH-].O=CO.O=CO.[Cl][Pt+2][Cl]. The Morgan fingerprint density at radius 1 is 0.941 bits per heavy atom. The van der Waals surface area contributed by atoms with Crippen molar-refractivity contribution in [3.8, 4) is 0 Å². The van der Waals surface area contributed by atoms with Gasteiger partial charge in [0.15, 0.2) is 0 Å². The molecule has 0 aromatic rings. The van der Waals surface area contributed by atoms with Gasteiger partial charge in [0.1, 0.15) is 0 Å². The molecule has 0 radical (unpaired) electrons. The Morgan fingerprint density at radius 2 is 0.941 bits per heavy atom. The maximum absolute atomic E-state index is 8.36. The van der Waals surface area contributed by atoms with Gasteiger partial charge < -0.3 is 21.7 Å². The fourth-order valence-corrected chi connectivity index (χ4v) is 0. The van der Waals surface area contributed by atoms with Gasteiger partial charge in [-0.15, -0.1) is 12.1 Å². The molecule has 0 aliphatic rings. The van der Waals surface area contributed by atoms with Gasteiger partial charge in [-0.05, 0) is 0 Å². The molecule has 0 bridgehead atoms. The van der Waals surface area contributed by atoms with E-state index in [0.717, 1.165) is 0 Å². The predicted molar refractivity (Wildman–Crippen MR) is 68.0 cm³/mol. The van der Waals surface area contributed by atoms with E-state index in [0.29, 0.717) is 0 Å². The first kappa shape index (κ1) is 30.3. The summed E-state index contributed by atoms with van der Waals surface area (Å²) in [6.45, 7) is 6.83. The van der Waals surface area contributed by atoms with Crippen LogP contribution in [0.4, 0.5) is 0 Å². The molecule has 0 aromatic heterocycles. The van der Waals surface area contributed by atoms with Crippen LogP contribution in [0.2, 0.25) is 0 Å². The number of rotatable bonds is 0. The average molecular weight is 474 g/mol. The number of hydrogen-bond donors (Lipinski definition) is 2. The minimum atomic E-state index is -0.472. The van der Waals surface area contributed by atoms with Crippen molar-refractivity contribution in [2.75, 3.05) is 0 Å². The second kappa shape index (κ2) is 44.3. The molecule has 0 spiro atoms. The van der Waals surface area contributed by atoms with Crippen LogP contribution in [0.5, 0.6) is 0 Å². The summed E-state index contributed by atoms with van der Waals surface area (Å²) in [6, 6.07) is 0.167. The van der Waals surface area contributed by atoms with Crippen LogP contribution in [0, 0.1) is 0 Å². The third kappa shape index (κ3) is 196000. The molecule has 0 saturated heterocycles. The Kier molecular flexibility index (Phi) is 78.9. The second-order valence-electron chi connectivity index (χ2n) is 2.57. The Hall–Kier alpha value is 0.128. The van der Waals surface area contributed by atoms with Gasteiger partial charge in [-0.2, -0.15) is 0 Å². The van der Waals surface area contributed by atoms with E-state index >= 15 is 0 Å². The fourth-order valence-electron chi connectivity index (χ4n) is 0. The van der Waals surface area contributed by atoms with Crippen LogP contribution in [0.3, 0.4) is 0 Å². The summed E-state index contributed by atoms with van der Waals surface area (Å²) in [7, 11) is 9.75. The first-order chi connectivity index (χ1) is 7.71. The molecule has 0 aliphatic heterocycles. The van der Waals surface area contributed by atoms with Gasteiger partial charge >= 0.3 is 35.3 Å². The van der Waals surface area contributed by atoms with E-state index in [4.69, 9.17) is 50.1 Å². The van der Waals surface area contributed by atoms with E-state index in [2.05, 4.69) is 0 Å². The summed E-state index contributed by atoms with van der Waals surface area (Å²) >= 11 is -0.472. The number of carbonyl (C=O) groups is 2. The summed E-state index contributed by atoms with van der Waals surface area (Å²) in [4.78, 5) is 16.7. The van der Waals surface area contributed by atoms with Crippen LogP contribution in [-0.2, 0) is 26.1 Å². The molecule has 110 valence electrons. The van der Waals surface area contributed by atoms with Crippen molar-refractivity contribution in [1.82, 2.24) is 0 Å². The van der Waals surface area contributed by atoms with Gasteiger partial charge in [0, 0.05) is 0 Å². The van der Waals surface area contributed by atoms with Crippen molar-refractivity contribution in [3.05, 3.63) is 11.5 Å². The fraction of sp³-hybridized carbons (Fsp3) is 0.750. The summed E-state index contributed by atoms with van der Waals surface area (Å²) in [5, 5.41) is 13.8. The summed E-state index contributed by atoms with van der Waals surface area (Å²) in [5.74, 6) is 0. The van der Waals surface area contributed by atoms with Gasteiger partial charge in [0.25, 0.3) is 12.9 Å². The third-order valence-corrected chi connectivity index (χ3v) is 0. The zero-order valence-corrected chi connectivity index (χ0v) is 13.9. The van der Waals surface area contributed by atoms with E-state index in [9.17, 15) is 0 Å². The Balaban J connectivity index is -0.0000000356. The topological polar surface area (TPSA) is 122 Å². The normalized spacial score (nSPS) is 6.94. The Bertz CT molecular complexity index is 104. The van der Waals surface area contributed by atoms with Crippen LogP contribution in [0.15, 0.2) is 0 Å². The molecule has 6 nitrogen and oxygen atoms in total. The average Bonchev–Trinajstić information content (AvgIpc) is 2.03. The van der Waals surface area contributed by atoms with Crippen LogP contribution in [0.25, 0.3) is 11.5 Å². The number of nitrogens with one attached hydrogen (secondary N) is 2. The van der Waals surface area contributed by atoms with Crippen LogP contribution >= 0.6 is 18.8 Å². The van der Waals surface area contributed by atoms with Crippen molar-refractivity contribution in [2.24, 2.45) is 0 Å². The van der Waals surface area contributed by atoms with E-state index in [-0.39, 0.29) is 25.0 Å². The molecule has 0 aliphatic carbocycles. The molecule has 9 heteroatoms. The van der Waals surface area contributed by atoms with Crippen molar-refractivity contribution in [3.63, 3.8) is 0 Å². The van der Waals surface area contributed by atoms with Gasteiger partial charge in [-0.25, -0.2) is 0 Å². The molecule has 0 heterocycles. The summed E-state index contributed by atoms with van der Waals surface area (Å²) in [5.41, 5.74) is 13.2. The zero-order valence-electron chi connectivity index (χ0n) is 10.1. The maximum atomic E-state index is 8.36. The summed E-state index contributed by atoms with van der Waals surface area (Å²) < 4.78 is 0. The molecule has 0 rings (SSSR count). The molecule has 0 atom stereocenters. The first-order valence-corrected chi connectivity index (χ1v) is 9.74. The summed E-state index contributed by atoms with van der Waals surface area (Å²) in [6.07, 6.45) is 0. The minimum absolute atomic E-state index is 0.0833. The van der Waals surface area contributed by atoms with Crippen molar-refractivity contribution in [2.45, 2.75) is 39.8 Å². The molecular weight excluding hydrogens is 454 g/mol. The molecule has 0 unspecified atom stereocenters. The second-order valence-corrected chi connectivity index (χ2v) is 5.85. The standard InChI is InChI=1S/2C3H8N.2CH2O2.2ClH.Pt/c2*1-3(2)4;2*2-1-3;;;/h2*3-4H,1-2H3;2*1H,(H,2,3);2*1H;/q2*-1;;;;;+4/p-2. The molecule has 4 N–H and O–H groups in total. The number of halogens is 2. The van der Waals surface area contributed by atoms with Crippen molar-refractivity contribution < 1.29 is 36.3 Å². The van der Waals surface area contributed by atoms with Gasteiger partial charge in [-0.3, -0.25) is 9.59 Å². The molecular formula is C8H20Cl2N2O4Pt. The number of carboxylic acid groups (broad SMARTS) is 2. The van der Waals surface area contributed by atoms with Crippen molar-refractivity contribution in [1.29, 1.82) is 0 Å². The molecule has 0 amide bonds. The quantitative estimate of drug-likeness (QED) is 0.521. The Labute approximate surface area is 119 Å². The monoisotopic (exact) mass is 473 g/mol. The van der Waals surface area contributed by atoms with Crippen LogP contribution in [-0.4, -0.2) is 35.2 Å². The van der Waals surface area contributed by atoms with Gasteiger partial charge in [0.2, 0.25) is 0 Å². The zero-order chi connectivity index (χ0) is 15.3. The third-order valence-electron chi connectivity index (χ3n) is 0. The molecule has 0 aromatic carbocycles.